The van der Waals surface area contributed by atoms with Gasteiger partial charge in [-0.05, 0) is 36.0 Å². The van der Waals surface area contributed by atoms with Crippen LogP contribution in [0.3, 0.4) is 0 Å². The Morgan fingerprint density at radius 2 is 1.96 bits per heavy atom. The van der Waals surface area contributed by atoms with Gasteiger partial charge in [0.05, 0.1) is 6.61 Å². The highest BCUT2D eigenvalue weighted by atomic mass is 16.5. The number of ether oxygens (including phenoxy) is 2. The largest absolute Gasteiger partial charge is 0.493 e. The van der Waals surface area contributed by atoms with Crippen LogP contribution in [0.4, 0.5) is 4.79 Å². The maximum Gasteiger partial charge on any atom is 0.407 e. The number of rotatable bonds is 3. The van der Waals surface area contributed by atoms with Crippen LogP contribution in [0.15, 0.2) is 48.5 Å². The maximum atomic E-state index is 10.7. The van der Waals surface area contributed by atoms with Gasteiger partial charge in [0.25, 0.3) is 0 Å². The van der Waals surface area contributed by atoms with Crippen molar-refractivity contribution >= 4 is 6.09 Å². The molecule has 0 saturated heterocycles. The molecule has 4 rings (SSSR count). The molecule has 2 aromatic carbocycles. The van der Waals surface area contributed by atoms with Crippen molar-refractivity contribution in [3.63, 3.8) is 0 Å². The van der Waals surface area contributed by atoms with Crippen LogP contribution in [-0.4, -0.2) is 19.7 Å². The van der Waals surface area contributed by atoms with E-state index in [0.29, 0.717) is 6.61 Å². The summed E-state index contributed by atoms with van der Waals surface area (Å²) in [4.78, 5) is 10.7. The van der Waals surface area contributed by atoms with E-state index in [4.69, 9.17) is 9.47 Å². The summed E-state index contributed by atoms with van der Waals surface area (Å²) in [6.07, 6.45) is 3.49. The van der Waals surface area contributed by atoms with E-state index in [1.165, 1.54) is 25.5 Å². The smallest absolute Gasteiger partial charge is 0.407 e. The van der Waals surface area contributed by atoms with Gasteiger partial charge in [-0.2, -0.15) is 0 Å². The third-order valence-electron chi connectivity index (χ3n) is 4.21. The third kappa shape index (κ3) is 4.28. The summed E-state index contributed by atoms with van der Waals surface area (Å²) in [5.74, 6) is 2.00. The fourth-order valence-electron chi connectivity index (χ4n) is 2.82. The SMILES string of the molecule is CNC(=O)OCc1ccccc1.c1cc2c(c(C3CC3)c1)CCO2. The lowest BCUT2D eigenvalue weighted by molar-refractivity contribution is 0.142. The molecule has 1 amide bonds. The van der Waals surface area contributed by atoms with E-state index in [9.17, 15) is 4.79 Å². The molecule has 1 aliphatic heterocycles. The molecule has 126 valence electrons. The number of hydrogen-bond donors (Lipinski definition) is 1. The Balaban J connectivity index is 0.000000141. The standard InChI is InChI=1S/C11H12O.C9H11NO2/c1-2-9(8-4-5-8)10-6-7-12-11(10)3-1;1-10-9(11)12-7-8-5-3-2-4-6-8/h1-3,8H,4-7H2;2-6H,7H2,1H3,(H,10,11). The van der Waals surface area contributed by atoms with Gasteiger partial charge in [0, 0.05) is 19.0 Å². The Morgan fingerprint density at radius 3 is 2.67 bits per heavy atom. The van der Waals surface area contributed by atoms with Crippen molar-refractivity contribution in [2.45, 2.75) is 31.8 Å². The fraction of sp³-hybridized carbons (Fsp3) is 0.350. The van der Waals surface area contributed by atoms with Crippen LogP contribution in [0, 0.1) is 0 Å². The molecule has 2 aliphatic rings. The van der Waals surface area contributed by atoms with Crippen LogP contribution in [0.2, 0.25) is 0 Å². The molecule has 2 aromatic rings. The molecule has 0 bridgehead atoms. The summed E-state index contributed by atoms with van der Waals surface area (Å²) in [6.45, 7) is 1.21. The molecule has 1 aliphatic carbocycles. The Kier molecular flexibility index (Phi) is 5.36. The molecule has 4 heteroatoms. The summed E-state index contributed by atoms with van der Waals surface area (Å²) in [5.41, 5.74) is 4.03. The highest BCUT2D eigenvalue weighted by Crippen LogP contribution is 2.44. The van der Waals surface area contributed by atoms with Gasteiger partial charge in [-0.1, -0.05) is 42.5 Å². The van der Waals surface area contributed by atoms with Crippen molar-refractivity contribution in [1.82, 2.24) is 5.32 Å². The number of fused-ring (bicyclic) bond motifs is 1. The van der Waals surface area contributed by atoms with Crippen LogP contribution in [0.5, 0.6) is 5.75 Å². The van der Waals surface area contributed by atoms with Gasteiger partial charge in [-0.25, -0.2) is 4.79 Å². The van der Waals surface area contributed by atoms with Crippen molar-refractivity contribution in [2.75, 3.05) is 13.7 Å². The molecular weight excluding hydrogens is 302 g/mol. The molecular formula is C20H23NO3. The van der Waals surface area contributed by atoms with Crippen LogP contribution in [-0.2, 0) is 17.8 Å². The number of nitrogens with one attached hydrogen (secondary N) is 1. The number of benzene rings is 2. The summed E-state index contributed by atoms with van der Waals surface area (Å²) < 4.78 is 10.3. The highest BCUT2D eigenvalue weighted by molar-refractivity contribution is 5.66. The highest BCUT2D eigenvalue weighted by Gasteiger charge is 2.28. The summed E-state index contributed by atoms with van der Waals surface area (Å²) >= 11 is 0. The number of amides is 1. The second-order valence-electron chi connectivity index (χ2n) is 6.01. The van der Waals surface area contributed by atoms with Gasteiger partial charge in [-0.15, -0.1) is 0 Å². The predicted octanol–water partition coefficient (Wildman–Crippen LogP) is 4.04. The molecule has 1 N–H and O–H groups in total. The van der Waals surface area contributed by atoms with Crippen molar-refractivity contribution in [1.29, 1.82) is 0 Å². The van der Waals surface area contributed by atoms with Crippen LogP contribution in [0.25, 0.3) is 0 Å². The van der Waals surface area contributed by atoms with Crippen molar-refractivity contribution in [3.05, 3.63) is 65.2 Å². The molecule has 0 spiro atoms. The monoisotopic (exact) mass is 325 g/mol. The van der Waals surface area contributed by atoms with Gasteiger partial charge < -0.3 is 14.8 Å². The second kappa shape index (κ2) is 7.86. The van der Waals surface area contributed by atoms with Crippen LogP contribution < -0.4 is 10.1 Å². The third-order valence-corrected chi connectivity index (χ3v) is 4.21. The number of carbonyl (C=O) groups excluding carboxylic acids is 1. The van der Waals surface area contributed by atoms with E-state index in [-0.39, 0.29) is 0 Å². The van der Waals surface area contributed by atoms with Gasteiger partial charge in [0.15, 0.2) is 0 Å². The lowest BCUT2D eigenvalue weighted by atomic mass is 10.0. The van der Waals surface area contributed by atoms with Crippen LogP contribution >= 0.6 is 0 Å². The molecule has 1 saturated carbocycles. The minimum atomic E-state index is -0.404. The van der Waals surface area contributed by atoms with Gasteiger partial charge in [-0.3, -0.25) is 0 Å². The second-order valence-corrected chi connectivity index (χ2v) is 6.01. The average Bonchev–Trinajstić information content (AvgIpc) is 3.37. The predicted molar refractivity (Wildman–Crippen MR) is 93.3 cm³/mol. The van der Waals surface area contributed by atoms with E-state index in [0.717, 1.165) is 30.3 Å². The van der Waals surface area contributed by atoms with E-state index in [2.05, 4.69) is 23.5 Å². The van der Waals surface area contributed by atoms with E-state index in [1.54, 1.807) is 5.56 Å². The first-order chi connectivity index (χ1) is 11.8. The Morgan fingerprint density at radius 1 is 1.17 bits per heavy atom. The lowest BCUT2D eigenvalue weighted by Crippen LogP contribution is -2.18. The topological polar surface area (TPSA) is 47.6 Å². The lowest BCUT2D eigenvalue weighted by Gasteiger charge is -2.03. The van der Waals surface area contributed by atoms with Crippen molar-refractivity contribution < 1.29 is 14.3 Å². The minimum Gasteiger partial charge on any atom is -0.493 e. The number of alkyl carbamates (subject to hydrolysis) is 1. The van der Waals surface area contributed by atoms with E-state index < -0.39 is 6.09 Å². The quantitative estimate of drug-likeness (QED) is 0.926. The molecule has 0 radical (unpaired) electrons. The van der Waals surface area contributed by atoms with Gasteiger partial charge in [0.2, 0.25) is 0 Å². The molecule has 1 fully saturated rings. The first-order valence-electron chi connectivity index (χ1n) is 8.41. The Hall–Kier alpha value is -2.49. The first kappa shape index (κ1) is 16.4. The molecule has 0 aromatic heterocycles. The Bertz CT molecular complexity index is 681. The number of carbonyl (C=O) groups is 1. The molecule has 1 heterocycles. The fourth-order valence-corrected chi connectivity index (χ4v) is 2.82. The summed E-state index contributed by atoms with van der Waals surface area (Å²) in [5, 5.41) is 2.37. The molecule has 4 nitrogen and oxygen atoms in total. The number of hydrogen-bond acceptors (Lipinski definition) is 3. The van der Waals surface area contributed by atoms with Crippen LogP contribution in [0.1, 0.15) is 35.4 Å². The zero-order valence-corrected chi connectivity index (χ0v) is 14.0. The normalized spacial score (nSPS) is 14.7. The first-order valence-corrected chi connectivity index (χ1v) is 8.41. The summed E-state index contributed by atoms with van der Waals surface area (Å²) in [6, 6.07) is 16.0. The van der Waals surface area contributed by atoms with Gasteiger partial charge >= 0.3 is 6.09 Å². The van der Waals surface area contributed by atoms with E-state index in [1.807, 2.05) is 30.3 Å². The van der Waals surface area contributed by atoms with Crippen molar-refractivity contribution in [3.8, 4) is 5.75 Å². The molecule has 0 unspecified atom stereocenters. The maximum absolute atomic E-state index is 10.7. The zero-order valence-electron chi connectivity index (χ0n) is 14.0. The zero-order chi connectivity index (χ0) is 16.8. The van der Waals surface area contributed by atoms with Gasteiger partial charge in [0.1, 0.15) is 12.4 Å². The summed E-state index contributed by atoms with van der Waals surface area (Å²) in [7, 11) is 1.54. The molecule has 24 heavy (non-hydrogen) atoms. The van der Waals surface area contributed by atoms with E-state index >= 15 is 0 Å². The average molecular weight is 325 g/mol. The molecule has 0 atom stereocenters. The Labute approximate surface area is 142 Å². The minimum absolute atomic E-state index is 0.320. The van der Waals surface area contributed by atoms with Crippen molar-refractivity contribution in [2.24, 2.45) is 0 Å².